The fraction of sp³-hybridized carbons (Fsp3) is 0.625. The molecule has 0 heterocycles. The Morgan fingerprint density at radius 2 is 1.16 bits per heavy atom. The quantitative estimate of drug-likeness (QED) is 0.365. The minimum absolute atomic E-state index is 0.600. The highest BCUT2D eigenvalue weighted by Gasteiger charge is 2.31. The van der Waals surface area contributed by atoms with E-state index < -0.39 is 0 Å². The zero-order chi connectivity index (χ0) is 22.4. The lowest BCUT2D eigenvalue weighted by Crippen LogP contribution is -2.23. The van der Waals surface area contributed by atoms with Gasteiger partial charge in [0.2, 0.25) is 0 Å². The standard InChI is InChI=1S/C32H46/c1-4-6-7-22-32(3)23-20-31(21-24-32)30-18-16-29(17-19-30)28-14-12-27(13-15-28)26-10-8-25(5-2)9-11-26/h12-19,25-26,31H,4-11,20-24H2,1-3H3. The van der Waals surface area contributed by atoms with Crippen molar-refractivity contribution in [3.05, 3.63) is 59.7 Å². The van der Waals surface area contributed by atoms with Crippen LogP contribution in [0.4, 0.5) is 0 Å². The molecule has 0 unspecified atom stereocenters. The zero-order valence-electron chi connectivity index (χ0n) is 21.0. The van der Waals surface area contributed by atoms with E-state index in [0.717, 1.165) is 17.8 Å². The molecule has 0 spiro atoms. The molecule has 0 amide bonds. The Bertz CT molecular complexity index is 796. The molecule has 0 N–H and O–H groups in total. The molecule has 2 saturated carbocycles. The smallest absolute Gasteiger partial charge is 0.0162 e. The molecule has 0 nitrogen and oxygen atoms in total. The van der Waals surface area contributed by atoms with Crippen molar-refractivity contribution in [2.75, 3.05) is 0 Å². The summed E-state index contributed by atoms with van der Waals surface area (Å²) in [6.07, 6.45) is 18.1. The molecule has 0 heteroatoms. The number of hydrogen-bond donors (Lipinski definition) is 0. The molecule has 0 aliphatic heterocycles. The molecule has 2 aromatic carbocycles. The minimum atomic E-state index is 0.600. The van der Waals surface area contributed by atoms with Gasteiger partial charge in [-0.15, -0.1) is 0 Å². The number of unbranched alkanes of at least 4 members (excludes halogenated alkanes) is 2. The second-order valence-electron chi connectivity index (χ2n) is 11.4. The van der Waals surface area contributed by atoms with Gasteiger partial charge in [-0.3, -0.25) is 0 Å². The molecule has 2 aliphatic carbocycles. The highest BCUT2D eigenvalue weighted by atomic mass is 14.4. The van der Waals surface area contributed by atoms with E-state index in [0.29, 0.717) is 5.41 Å². The maximum Gasteiger partial charge on any atom is -0.0162 e. The maximum atomic E-state index is 2.54. The Hall–Kier alpha value is -1.56. The summed E-state index contributed by atoms with van der Waals surface area (Å²) in [5.41, 5.74) is 6.46. The van der Waals surface area contributed by atoms with Crippen molar-refractivity contribution in [1.29, 1.82) is 0 Å². The highest BCUT2D eigenvalue weighted by Crippen LogP contribution is 2.46. The van der Waals surface area contributed by atoms with Gasteiger partial charge in [0.1, 0.15) is 0 Å². The summed E-state index contributed by atoms with van der Waals surface area (Å²) < 4.78 is 0. The minimum Gasteiger partial charge on any atom is -0.0654 e. The third-order valence-electron chi connectivity index (χ3n) is 9.10. The predicted molar refractivity (Wildman–Crippen MR) is 140 cm³/mol. The summed E-state index contributed by atoms with van der Waals surface area (Å²) in [5, 5.41) is 0. The van der Waals surface area contributed by atoms with Crippen molar-refractivity contribution >= 4 is 0 Å². The van der Waals surface area contributed by atoms with Gasteiger partial charge in [0.15, 0.2) is 0 Å². The van der Waals surface area contributed by atoms with Gasteiger partial charge in [-0.05, 0) is 103 Å². The second kappa shape index (κ2) is 11.0. The van der Waals surface area contributed by atoms with Crippen molar-refractivity contribution in [3.63, 3.8) is 0 Å². The molecule has 32 heavy (non-hydrogen) atoms. The van der Waals surface area contributed by atoms with E-state index in [-0.39, 0.29) is 0 Å². The first kappa shape index (κ1) is 23.6. The average molecular weight is 431 g/mol. The lowest BCUT2D eigenvalue weighted by atomic mass is 9.68. The lowest BCUT2D eigenvalue weighted by molar-refractivity contribution is 0.178. The summed E-state index contributed by atoms with van der Waals surface area (Å²) in [6, 6.07) is 19.1. The molecule has 0 aromatic heterocycles. The Morgan fingerprint density at radius 3 is 1.62 bits per heavy atom. The molecule has 0 atom stereocenters. The van der Waals surface area contributed by atoms with E-state index in [1.807, 2.05) is 0 Å². The third-order valence-corrected chi connectivity index (χ3v) is 9.10. The zero-order valence-corrected chi connectivity index (χ0v) is 21.0. The monoisotopic (exact) mass is 430 g/mol. The van der Waals surface area contributed by atoms with E-state index >= 15 is 0 Å². The SMILES string of the molecule is CCCCCC1(C)CCC(c2ccc(-c3ccc(C4CCC(CC)CC4)cc3)cc2)CC1. The van der Waals surface area contributed by atoms with Crippen LogP contribution in [0, 0.1) is 11.3 Å². The average Bonchev–Trinajstić information content (AvgIpc) is 2.85. The molecule has 0 saturated heterocycles. The summed E-state index contributed by atoms with van der Waals surface area (Å²) in [7, 11) is 0. The van der Waals surface area contributed by atoms with Crippen molar-refractivity contribution in [1.82, 2.24) is 0 Å². The van der Waals surface area contributed by atoms with Crippen LogP contribution in [0.2, 0.25) is 0 Å². The van der Waals surface area contributed by atoms with Gasteiger partial charge in [-0.2, -0.15) is 0 Å². The fourth-order valence-electron chi connectivity index (χ4n) is 6.50. The van der Waals surface area contributed by atoms with Gasteiger partial charge in [-0.25, -0.2) is 0 Å². The van der Waals surface area contributed by atoms with E-state index in [4.69, 9.17) is 0 Å². The van der Waals surface area contributed by atoms with Crippen molar-refractivity contribution in [2.45, 2.75) is 116 Å². The molecule has 2 aliphatic rings. The van der Waals surface area contributed by atoms with Crippen LogP contribution in [0.15, 0.2) is 48.5 Å². The van der Waals surface area contributed by atoms with Crippen LogP contribution in [0.3, 0.4) is 0 Å². The lowest BCUT2D eigenvalue weighted by Gasteiger charge is -2.38. The Kier molecular flexibility index (Phi) is 8.14. The molecule has 174 valence electrons. The highest BCUT2D eigenvalue weighted by molar-refractivity contribution is 5.64. The van der Waals surface area contributed by atoms with Crippen LogP contribution in [-0.4, -0.2) is 0 Å². The number of rotatable bonds is 8. The van der Waals surface area contributed by atoms with E-state index in [1.165, 1.54) is 94.6 Å². The van der Waals surface area contributed by atoms with E-state index in [2.05, 4.69) is 69.3 Å². The van der Waals surface area contributed by atoms with Crippen LogP contribution >= 0.6 is 0 Å². The van der Waals surface area contributed by atoms with E-state index in [9.17, 15) is 0 Å². The largest absolute Gasteiger partial charge is 0.0654 e. The van der Waals surface area contributed by atoms with Crippen molar-refractivity contribution in [3.8, 4) is 11.1 Å². The van der Waals surface area contributed by atoms with E-state index in [1.54, 1.807) is 11.1 Å². The van der Waals surface area contributed by atoms with Crippen LogP contribution in [0.25, 0.3) is 11.1 Å². The van der Waals surface area contributed by atoms with Crippen LogP contribution in [0.1, 0.15) is 127 Å². The molecular formula is C32H46. The Morgan fingerprint density at radius 1 is 0.656 bits per heavy atom. The molecule has 0 bridgehead atoms. The summed E-state index contributed by atoms with van der Waals surface area (Å²) in [6.45, 7) is 7.21. The van der Waals surface area contributed by atoms with Crippen molar-refractivity contribution < 1.29 is 0 Å². The topological polar surface area (TPSA) is 0 Å². The van der Waals surface area contributed by atoms with Gasteiger partial charge in [-0.1, -0.05) is 95.0 Å². The predicted octanol–water partition coefficient (Wildman–Crippen LogP) is 10.3. The molecular weight excluding hydrogens is 384 g/mol. The Balaban J connectivity index is 1.32. The fourth-order valence-corrected chi connectivity index (χ4v) is 6.50. The normalized spacial score (nSPS) is 28.5. The van der Waals surface area contributed by atoms with Crippen LogP contribution in [0.5, 0.6) is 0 Å². The van der Waals surface area contributed by atoms with Crippen LogP contribution < -0.4 is 0 Å². The first-order valence-corrected chi connectivity index (χ1v) is 13.8. The molecule has 2 aromatic rings. The van der Waals surface area contributed by atoms with Gasteiger partial charge in [0.05, 0.1) is 0 Å². The van der Waals surface area contributed by atoms with Gasteiger partial charge in [0.25, 0.3) is 0 Å². The second-order valence-corrected chi connectivity index (χ2v) is 11.4. The molecule has 4 rings (SSSR count). The van der Waals surface area contributed by atoms with Gasteiger partial charge in [0, 0.05) is 0 Å². The number of hydrogen-bond acceptors (Lipinski definition) is 0. The van der Waals surface area contributed by atoms with Crippen LogP contribution in [-0.2, 0) is 0 Å². The molecule has 0 radical (unpaired) electrons. The third kappa shape index (κ3) is 5.86. The summed E-state index contributed by atoms with van der Waals surface area (Å²) in [5.74, 6) is 2.53. The van der Waals surface area contributed by atoms with Gasteiger partial charge >= 0.3 is 0 Å². The first-order chi connectivity index (χ1) is 15.6. The maximum absolute atomic E-state index is 2.54. The Labute approximate surface area is 198 Å². The molecule has 2 fully saturated rings. The summed E-state index contributed by atoms with van der Waals surface area (Å²) >= 11 is 0. The number of benzene rings is 2. The van der Waals surface area contributed by atoms with Crippen molar-refractivity contribution in [2.24, 2.45) is 11.3 Å². The van der Waals surface area contributed by atoms with Gasteiger partial charge < -0.3 is 0 Å². The summed E-state index contributed by atoms with van der Waals surface area (Å²) in [4.78, 5) is 0. The first-order valence-electron chi connectivity index (χ1n) is 13.8.